The van der Waals surface area contributed by atoms with Crippen molar-refractivity contribution in [3.8, 4) is 17.0 Å². The Labute approximate surface area is 114 Å². The molecule has 0 saturated carbocycles. The smallest absolute Gasteiger partial charge is 0.122 e. The highest BCUT2D eigenvalue weighted by Crippen LogP contribution is 2.32. The second-order valence-electron chi connectivity index (χ2n) is 4.88. The third-order valence-corrected chi connectivity index (χ3v) is 3.62. The molecule has 0 spiro atoms. The number of hydrogen-bond acceptors (Lipinski definition) is 3. The van der Waals surface area contributed by atoms with E-state index in [2.05, 4.69) is 31.1 Å². The monoisotopic (exact) mass is 259 g/mol. The molecule has 0 radical (unpaired) electrons. The number of methoxy groups -OCH3 is 1. The molecule has 0 aliphatic heterocycles. The fourth-order valence-corrected chi connectivity index (χ4v) is 2.47. The minimum atomic E-state index is 0.503. The van der Waals surface area contributed by atoms with Gasteiger partial charge in [0.15, 0.2) is 0 Å². The molecular formula is C15H21N3O. The molecule has 19 heavy (non-hydrogen) atoms. The second-order valence-corrected chi connectivity index (χ2v) is 4.88. The van der Waals surface area contributed by atoms with Crippen molar-refractivity contribution in [2.24, 2.45) is 12.8 Å². The van der Waals surface area contributed by atoms with E-state index in [1.54, 1.807) is 7.11 Å². The summed E-state index contributed by atoms with van der Waals surface area (Å²) in [7, 11) is 3.63. The lowest BCUT2D eigenvalue weighted by Crippen LogP contribution is -2.05. The number of ether oxygens (including phenoxy) is 1. The summed E-state index contributed by atoms with van der Waals surface area (Å²) in [4.78, 5) is 0. The van der Waals surface area contributed by atoms with Gasteiger partial charge in [-0.25, -0.2) is 0 Å². The van der Waals surface area contributed by atoms with E-state index >= 15 is 0 Å². The van der Waals surface area contributed by atoms with E-state index < -0.39 is 0 Å². The Bertz CT molecular complexity index is 614. The SMILES string of the molecule is COc1cc(C)c(-c2nn(C)c(CN)c2C)cc1C. The molecule has 2 aromatic rings. The minimum absolute atomic E-state index is 0.503. The lowest BCUT2D eigenvalue weighted by Gasteiger charge is -2.10. The van der Waals surface area contributed by atoms with Gasteiger partial charge in [-0.1, -0.05) is 0 Å². The Morgan fingerprint density at radius 1 is 1.21 bits per heavy atom. The number of nitrogens with zero attached hydrogens (tertiary/aromatic N) is 2. The summed E-state index contributed by atoms with van der Waals surface area (Å²) in [5.74, 6) is 0.911. The molecule has 0 saturated heterocycles. The van der Waals surface area contributed by atoms with Crippen LogP contribution in [0.4, 0.5) is 0 Å². The first-order valence-corrected chi connectivity index (χ1v) is 6.37. The Balaban J connectivity index is 2.63. The molecule has 1 heterocycles. The number of hydrogen-bond donors (Lipinski definition) is 1. The Morgan fingerprint density at radius 2 is 1.89 bits per heavy atom. The molecule has 0 atom stereocenters. The zero-order chi connectivity index (χ0) is 14.2. The van der Waals surface area contributed by atoms with E-state index in [0.29, 0.717) is 6.54 Å². The van der Waals surface area contributed by atoms with Crippen LogP contribution in [-0.2, 0) is 13.6 Å². The summed E-state index contributed by atoms with van der Waals surface area (Å²) >= 11 is 0. The van der Waals surface area contributed by atoms with E-state index in [9.17, 15) is 0 Å². The van der Waals surface area contributed by atoms with Crippen molar-refractivity contribution >= 4 is 0 Å². The first-order valence-electron chi connectivity index (χ1n) is 6.37. The van der Waals surface area contributed by atoms with E-state index in [1.165, 1.54) is 0 Å². The number of rotatable bonds is 3. The molecule has 102 valence electrons. The summed E-state index contributed by atoms with van der Waals surface area (Å²) in [6.45, 7) is 6.70. The summed E-state index contributed by atoms with van der Waals surface area (Å²) in [6.07, 6.45) is 0. The maximum absolute atomic E-state index is 5.78. The Morgan fingerprint density at radius 3 is 2.42 bits per heavy atom. The van der Waals surface area contributed by atoms with Gasteiger partial charge in [0.25, 0.3) is 0 Å². The van der Waals surface area contributed by atoms with Gasteiger partial charge >= 0.3 is 0 Å². The number of aromatic nitrogens is 2. The fraction of sp³-hybridized carbons (Fsp3) is 0.400. The zero-order valence-corrected chi connectivity index (χ0v) is 12.2. The van der Waals surface area contributed by atoms with Gasteiger partial charge < -0.3 is 10.5 Å². The van der Waals surface area contributed by atoms with Crippen molar-refractivity contribution in [2.75, 3.05) is 7.11 Å². The van der Waals surface area contributed by atoms with Crippen molar-refractivity contribution in [3.05, 3.63) is 34.5 Å². The molecule has 1 aromatic heterocycles. The molecule has 4 nitrogen and oxygen atoms in total. The molecule has 0 fully saturated rings. The van der Waals surface area contributed by atoms with E-state index in [4.69, 9.17) is 10.5 Å². The molecule has 0 aliphatic carbocycles. The Hall–Kier alpha value is -1.81. The lowest BCUT2D eigenvalue weighted by molar-refractivity contribution is 0.411. The number of aryl methyl sites for hydroxylation is 3. The first-order chi connectivity index (χ1) is 8.99. The van der Waals surface area contributed by atoms with Crippen LogP contribution in [0.15, 0.2) is 12.1 Å². The zero-order valence-electron chi connectivity index (χ0n) is 12.2. The van der Waals surface area contributed by atoms with Gasteiger partial charge in [-0.05, 0) is 49.6 Å². The van der Waals surface area contributed by atoms with Gasteiger partial charge in [0.05, 0.1) is 18.5 Å². The number of nitrogens with two attached hydrogens (primary N) is 1. The van der Waals surface area contributed by atoms with Gasteiger partial charge in [0, 0.05) is 19.2 Å². The predicted molar refractivity (Wildman–Crippen MR) is 77.3 cm³/mol. The molecule has 0 aliphatic rings. The second kappa shape index (κ2) is 5.05. The Kier molecular flexibility index (Phi) is 3.62. The van der Waals surface area contributed by atoms with Gasteiger partial charge in [0.2, 0.25) is 0 Å². The predicted octanol–water partition coefficient (Wildman–Crippen LogP) is 2.48. The quantitative estimate of drug-likeness (QED) is 0.921. The van der Waals surface area contributed by atoms with Crippen molar-refractivity contribution < 1.29 is 4.74 Å². The van der Waals surface area contributed by atoms with Gasteiger partial charge in [-0.2, -0.15) is 5.10 Å². The van der Waals surface area contributed by atoms with Crippen LogP contribution in [0.2, 0.25) is 0 Å². The van der Waals surface area contributed by atoms with Crippen molar-refractivity contribution in [1.82, 2.24) is 9.78 Å². The van der Waals surface area contributed by atoms with Crippen molar-refractivity contribution in [1.29, 1.82) is 0 Å². The fourth-order valence-electron chi connectivity index (χ4n) is 2.47. The average molecular weight is 259 g/mol. The molecule has 2 rings (SSSR count). The van der Waals surface area contributed by atoms with Gasteiger partial charge in [0.1, 0.15) is 5.75 Å². The molecule has 4 heteroatoms. The lowest BCUT2D eigenvalue weighted by atomic mass is 9.99. The maximum Gasteiger partial charge on any atom is 0.122 e. The molecule has 2 N–H and O–H groups in total. The van der Waals surface area contributed by atoms with Crippen LogP contribution in [-0.4, -0.2) is 16.9 Å². The van der Waals surface area contributed by atoms with Crippen LogP contribution in [0.3, 0.4) is 0 Å². The molecular weight excluding hydrogens is 238 g/mol. The standard InChI is InChI=1S/C15H21N3O/c1-9-7-14(19-5)10(2)6-12(9)15-11(3)13(8-16)18(4)17-15/h6-7H,8,16H2,1-5H3. The molecule has 1 aromatic carbocycles. The van der Waals surface area contributed by atoms with Crippen LogP contribution in [0.25, 0.3) is 11.3 Å². The molecule has 0 amide bonds. The third kappa shape index (κ3) is 2.24. The van der Waals surface area contributed by atoms with Crippen molar-refractivity contribution in [3.63, 3.8) is 0 Å². The average Bonchev–Trinajstić information content (AvgIpc) is 2.66. The van der Waals surface area contributed by atoms with E-state index in [-0.39, 0.29) is 0 Å². The van der Waals surface area contributed by atoms with E-state index in [0.717, 1.165) is 39.4 Å². The van der Waals surface area contributed by atoms with Gasteiger partial charge in [-0.3, -0.25) is 4.68 Å². The van der Waals surface area contributed by atoms with Crippen LogP contribution in [0.5, 0.6) is 5.75 Å². The number of benzene rings is 1. The van der Waals surface area contributed by atoms with Crippen LogP contribution in [0.1, 0.15) is 22.4 Å². The highest BCUT2D eigenvalue weighted by atomic mass is 16.5. The molecule has 0 bridgehead atoms. The summed E-state index contributed by atoms with van der Waals surface area (Å²) in [6, 6.07) is 4.19. The minimum Gasteiger partial charge on any atom is -0.496 e. The van der Waals surface area contributed by atoms with Crippen molar-refractivity contribution in [2.45, 2.75) is 27.3 Å². The maximum atomic E-state index is 5.78. The largest absolute Gasteiger partial charge is 0.496 e. The topological polar surface area (TPSA) is 53.1 Å². The van der Waals surface area contributed by atoms with E-state index in [1.807, 2.05) is 18.7 Å². The summed E-state index contributed by atoms with van der Waals surface area (Å²) in [5.41, 5.74) is 12.4. The van der Waals surface area contributed by atoms with Crippen LogP contribution >= 0.6 is 0 Å². The highest BCUT2D eigenvalue weighted by Gasteiger charge is 2.15. The summed E-state index contributed by atoms with van der Waals surface area (Å²) < 4.78 is 7.22. The first kappa shape index (κ1) is 13.6. The van der Waals surface area contributed by atoms with Crippen LogP contribution in [0, 0.1) is 20.8 Å². The third-order valence-electron chi connectivity index (χ3n) is 3.62. The normalized spacial score (nSPS) is 10.8. The summed E-state index contributed by atoms with van der Waals surface area (Å²) in [5, 5.41) is 4.60. The van der Waals surface area contributed by atoms with Crippen LogP contribution < -0.4 is 10.5 Å². The highest BCUT2D eigenvalue weighted by molar-refractivity contribution is 5.69. The molecule has 0 unspecified atom stereocenters. The van der Waals surface area contributed by atoms with Gasteiger partial charge in [-0.15, -0.1) is 0 Å².